The minimum atomic E-state index is -0.637. The molecule has 19 heavy (non-hydrogen) atoms. The summed E-state index contributed by atoms with van der Waals surface area (Å²) in [5.41, 5.74) is 0.633. The zero-order valence-corrected chi connectivity index (χ0v) is 11.8. The zero-order chi connectivity index (χ0) is 14.2. The summed E-state index contributed by atoms with van der Waals surface area (Å²) in [5.74, 6) is -0.458. The van der Waals surface area contributed by atoms with Crippen molar-refractivity contribution in [2.75, 3.05) is 0 Å². The van der Waals surface area contributed by atoms with Gasteiger partial charge in [-0.25, -0.2) is 8.78 Å². The first kappa shape index (κ1) is 13.9. The van der Waals surface area contributed by atoms with Gasteiger partial charge in [-0.05, 0) is 36.7 Å². The fourth-order valence-corrected chi connectivity index (χ4v) is 2.09. The third-order valence-electron chi connectivity index (χ3n) is 2.80. The molecule has 0 bridgehead atoms. The van der Waals surface area contributed by atoms with Gasteiger partial charge >= 0.3 is 0 Å². The molecule has 102 valence electrons. The van der Waals surface area contributed by atoms with E-state index >= 15 is 0 Å². The van der Waals surface area contributed by atoms with E-state index in [9.17, 15) is 8.78 Å². The number of aryl methyl sites for hydroxylation is 1. The van der Waals surface area contributed by atoms with Crippen LogP contribution in [0.15, 0.2) is 12.1 Å². The number of H-pyrrole nitrogens is 1. The van der Waals surface area contributed by atoms with Crippen molar-refractivity contribution in [3.63, 3.8) is 0 Å². The van der Waals surface area contributed by atoms with E-state index in [-0.39, 0.29) is 5.56 Å². The molecule has 1 N–H and O–H groups in total. The molecule has 6 heteroatoms. The minimum absolute atomic E-state index is 0.256. The first-order chi connectivity index (χ1) is 8.90. The normalized spacial score (nSPS) is 11.3. The summed E-state index contributed by atoms with van der Waals surface area (Å²) in [6.45, 7) is 6.28. The van der Waals surface area contributed by atoms with Gasteiger partial charge in [0.25, 0.3) is 0 Å². The van der Waals surface area contributed by atoms with E-state index in [4.69, 9.17) is 12.2 Å². The number of rotatable bonds is 3. The summed E-state index contributed by atoms with van der Waals surface area (Å²) in [7, 11) is 0. The molecule has 0 amide bonds. The second-order valence-electron chi connectivity index (χ2n) is 4.94. The number of hydrogen-bond donors (Lipinski definition) is 1. The van der Waals surface area contributed by atoms with Gasteiger partial charge in [-0.1, -0.05) is 13.8 Å². The summed E-state index contributed by atoms with van der Waals surface area (Å²) in [6, 6.07) is 2.33. The minimum Gasteiger partial charge on any atom is -0.300 e. The Balaban J connectivity index is 2.59. The SMILES string of the molecule is Cc1cc(-c2n[nH]c(=S)n2CC(C)C)c(F)cc1F. The van der Waals surface area contributed by atoms with E-state index in [1.54, 1.807) is 11.5 Å². The van der Waals surface area contributed by atoms with Crippen LogP contribution in [-0.4, -0.2) is 14.8 Å². The molecular weight excluding hydrogens is 268 g/mol. The van der Waals surface area contributed by atoms with Crippen molar-refractivity contribution in [2.24, 2.45) is 5.92 Å². The maximum absolute atomic E-state index is 13.9. The summed E-state index contributed by atoms with van der Waals surface area (Å²) in [4.78, 5) is 0. The fourth-order valence-electron chi connectivity index (χ4n) is 1.89. The Labute approximate surface area is 115 Å². The largest absolute Gasteiger partial charge is 0.300 e. The molecule has 2 rings (SSSR count). The Bertz CT molecular complexity index is 658. The van der Waals surface area contributed by atoms with Gasteiger partial charge in [0.1, 0.15) is 11.6 Å². The molecule has 3 nitrogen and oxygen atoms in total. The van der Waals surface area contributed by atoms with Gasteiger partial charge in [0.2, 0.25) is 0 Å². The second kappa shape index (κ2) is 5.21. The molecule has 1 aromatic carbocycles. The average molecular weight is 283 g/mol. The van der Waals surface area contributed by atoms with Crippen LogP contribution in [0.3, 0.4) is 0 Å². The van der Waals surface area contributed by atoms with Crippen LogP contribution in [0.25, 0.3) is 11.4 Å². The van der Waals surface area contributed by atoms with Crippen LogP contribution in [0.5, 0.6) is 0 Å². The lowest BCUT2D eigenvalue weighted by molar-refractivity contribution is 0.519. The van der Waals surface area contributed by atoms with E-state index in [1.807, 2.05) is 13.8 Å². The van der Waals surface area contributed by atoms with Gasteiger partial charge in [0.05, 0.1) is 5.56 Å². The third kappa shape index (κ3) is 2.73. The van der Waals surface area contributed by atoms with Crippen molar-refractivity contribution in [2.45, 2.75) is 27.3 Å². The molecule has 1 aromatic heterocycles. The Kier molecular flexibility index (Phi) is 3.80. The topological polar surface area (TPSA) is 33.6 Å². The van der Waals surface area contributed by atoms with E-state index < -0.39 is 11.6 Å². The molecule has 0 fully saturated rings. The molecule has 0 aliphatic carbocycles. The average Bonchev–Trinajstić information content (AvgIpc) is 2.65. The zero-order valence-electron chi connectivity index (χ0n) is 11.0. The lowest BCUT2D eigenvalue weighted by Gasteiger charge is -2.10. The van der Waals surface area contributed by atoms with Crippen LogP contribution in [0.4, 0.5) is 8.78 Å². The van der Waals surface area contributed by atoms with Crippen LogP contribution in [-0.2, 0) is 6.54 Å². The maximum Gasteiger partial charge on any atom is 0.195 e. The molecule has 0 unspecified atom stereocenters. The first-order valence-corrected chi connectivity index (χ1v) is 6.42. The number of hydrogen-bond acceptors (Lipinski definition) is 2. The monoisotopic (exact) mass is 283 g/mol. The predicted octanol–water partition coefficient (Wildman–Crippen LogP) is 3.85. The molecule has 0 radical (unpaired) electrons. The van der Waals surface area contributed by atoms with Crippen molar-refractivity contribution >= 4 is 12.2 Å². The molecule has 0 aliphatic heterocycles. The Morgan fingerprint density at radius 1 is 1.32 bits per heavy atom. The maximum atomic E-state index is 13.9. The van der Waals surface area contributed by atoms with Crippen molar-refractivity contribution in [1.29, 1.82) is 0 Å². The third-order valence-corrected chi connectivity index (χ3v) is 3.11. The van der Waals surface area contributed by atoms with Crippen molar-refractivity contribution in [1.82, 2.24) is 14.8 Å². The van der Waals surface area contributed by atoms with Crippen LogP contribution >= 0.6 is 12.2 Å². The number of nitrogens with zero attached hydrogens (tertiary/aromatic N) is 2. The van der Waals surface area contributed by atoms with Gasteiger partial charge in [-0.3, -0.25) is 9.67 Å². The summed E-state index contributed by atoms with van der Waals surface area (Å²) in [6.07, 6.45) is 0. The van der Waals surface area contributed by atoms with Crippen molar-refractivity contribution < 1.29 is 8.78 Å². The number of aromatic nitrogens is 3. The highest BCUT2D eigenvalue weighted by Crippen LogP contribution is 2.24. The smallest absolute Gasteiger partial charge is 0.195 e. The van der Waals surface area contributed by atoms with Crippen LogP contribution in [0, 0.1) is 29.2 Å². The molecule has 0 saturated heterocycles. The van der Waals surface area contributed by atoms with Gasteiger partial charge in [-0.2, -0.15) is 5.10 Å². The van der Waals surface area contributed by atoms with Crippen LogP contribution in [0.1, 0.15) is 19.4 Å². The second-order valence-corrected chi connectivity index (χ2v) is 5.32. The van der Waals surface area contributed by atoms with Gasteiger partial charge in [0, 0.05) is 12.6 Å². The standard InChI is InChI=1S/C13H15F2N3S/c1-7(2)6-18-12(16-17-13(18)19)9-4-8(3)10(14)5-11(9)15/h4-5,7H,6H2,1-3H3,(H,17,19). The lowest BCUT2D eigenvalue weighted by Crippen LogP contribution is -2.07. The number of nitrogens with one attached hydrogen (secondary N) is 1. The van der Waals surface area contributed by atoms with Crippen molar-refractivity contribution in [3.8, 4) is 11.4 Å². The quantitative estimate of drug-likeness (QED) is 0.868. The molecule has 0 spiro atoms. The number of halogens is 2. The molecule has 2 aromatic rings. The first-order valence-electron chi connectivity index (χ1n) is 6.01. The van der Waals surface area contributed by atoms with Crippen LogP contribution in [0.2, 0.25) is 0 Å². The highest BCUT2D eigenvalue weighted by molar-refractivity contribution is 7.71. The summed E-state index contributed by atoms with van der Waals surface area (Å²) < 4.78 is 29.4. The van der Waals surface area contributed by atoms with E-state index in [0.717, 1.165) is 6.07 Å². The van der Waals surface area contributed by atoms with Gasteiger partial charge in [0.15, 0.2) is 10.6 Å². The Morgan fingerprint density at radius 3 is 2.63 bits per heavy atom. The Hall–Kier alpha value is -1.56. The number of benzene rings is 1. The summed E-state index contributed by atoms with van der Waals surface area (Å²) in [5, 5.41) is 6.71. The molecule has 0 saturated carbocycles. The van der Waals surface area contributed by atoms with E-state index in [2.05, 4.69) is 10.2 Å². The lowest BCUT2D eigenvalue weighted by atomic mass is 10.1. The summed E-state index contributed by atoms with van der Waals surface area (Å²) >= 11 is 5.14. The highest BCUT2D eigenvalue weighted by atomic mass is 32.1. The Morgan fingerprint density at radius 2 is 2.00 bits per heavy atom. The van der Waals surface area contributed by atoms with Crippen LogP contribution < -0.4 is 0 Å². The fraction of sp³-hybridized carbons (Fsp3) is 0.385. The van der Waals surface area contributed by atoms with Crippen molar-refractivity contribution in [3.05, 3.63) is 34.1 Å². The van der Waals surface area contributed by atoms with E-state index in [1.165, 1.54) is 6.07 Å². The molecule has 0 aliphatic rings. The van der Waals surface area contributed by atoms with Gasteiger partial charge in [-0.15, -0.1) is 0 Å². The predicted molar refractivity (Wildman–Crippen MR) is 72.3 cm³/mol. The molecule has 0 atom stereocenters. The van der Waals surface area contributed by atoms with E-state index in [0.29, 0.717) is 28.6 Å². The highest BCUT2D eigenvalue weighted by Gasteiger charge is 2.16. The molecule has 1 heterocycles. The number of aromatic amines is 1. The molecular formula is C13H15F2N3S. The van der Waals surface area contributed by atoms with Gasteiger partial charge < -0.3 is 0 Å².